The first-order chi connectivity index (χ1) is 9.10. The number of hydrogen-bond acceptors (Lipinski definition) is 2. The summed E-state index contributed by atoms with van der Waals surface area (Å²) in [6.07, 6.45) is 2.01. The first-order valence-corrected chi connectivity index (χ1v) is 7.17. The fourth-order valence-corrected chi connectivity index (χ4v) is 2.28. The molecule has 1 unspecified atom stereocenters. The maximum absolute atomic E-state index is 14.2. The molecule has 0 fully saturated rings. The van der Waals surface area contributed by atoms with E-state index in [4.69, 9.17) is 4.74 Å². The van der Waals surface area contributed by atoms with E-state index in [-0.39, 0.29) is 11.9 Å². The van der Waals surface area contributed by atoms with Crippen molar-refractivity contribution in [3.8, 4) is 0 Å². The monoisotopic (exact) mass is 267 g/mol. The van der Waals surface area contributed by atoms with Crippen LogP contribution in [0.1, 0.15) is 49.4 Å². The average molecular weight is 267 g/mol. The molecule has 1 rings (SSSR count). The van der Waals surface area contributed by atoms with Gasteiger partial charge in [0.25, 0.3) is 0 Å². The zero-order valence-corrected chi connectivity index (χ0v) is 12.6. The molecule has 0 radical (unpaired) electrons. The smallest absolute Gasteiger partial charge is 0.128 e. The van der Waals surface area contributed by atoms with Crippen molar-refractivity contribution in [3.05, 3.63) is 34.6 Å². The second-order valence-electron chi connectivity index (χ2n) is 5.06. The lowest BCUT2D eigenvalue weighted by molar-refractivity contribution is 0.111. The highest BCUT2D eigenvalue weighted by Crippen LogP contribution is 2.23. The minimum Gasteiger partial charge on any atom is -0.379 e. The van der Waals surface area contributed by atoms with Gasteiger partial charge in [-0.15, -0.1) is 0 Å². The van der Waals surface area contributed by atoms with Crippen LogP contribution in [0.4, 0.5) is 4.39 Å². The van der Waals surface area contributed by atoms with Crippen molar-refractivity contribution in [2.75, 3.05) is 19.8 Å². The summed E-state index contributed by atoms with van der Waals surface area (Å²) in [6, 6.07) is 3.56. The Morgan fingerprint density at radius 2 is 1.95 bits per heavy atom. The zero-order chi connectivity index (χ0) is 14.3. The average Bonchev–Trinajstić information content (AvgIpc) is 2.34. The largest absolute Gasteiger partial charge is 0.379 e. The molecule has 108 valence electrons. The van der Waals surface area contributed by atoms with Gasteiger partial charge in [-0.05, 0) is 50.4 Å². The Kier molecular flexibility index (Phi) is 7.03. The summed E-state index contributed by atoms with van der Waals surface area (Å²) in [7, 11) is 0. The Hall–Kier alpha value is -0.930. The maximum Gasteiger partial charge on any atom is 0.128 e. The van der Waals surface area contributed by atoms with Crippen LogP contribution in [0.2, 0.25) is 0 Å². The number of benzene rings is 1. The molecule has 0 aromatic heterocycles. The van der Waals surface area contributed by atoms with Crippen LogP contribution >= 0.6 is 0 Å². The van der Waals surface area contributed by atoms with E-state index in [0.29, 0.717) is 6.61 Å². The topological polar surface area (TPSA) is 21.3 Å². The second kappa shape index (κ2) is 8.28. The lowest BCUT2D eigenvalue weighted by Gasteiger charge is -2.22. The standard InChI is InChI=1S/C16H26FNO/c1-5-7-18-15(11-19-8-6-2)16-13(4)9-12(3)10-14(16)17/h9-10,15,18H,5-8,11H2,1-4H3. The molecule has 1 aromatic rings. The van der Waals surface area contributed by atoms with E-state index in [1.54, 1.807) is 6.07 Å². The maximum atomic E-state index is 14.2. The molecule has 2 nitrogen and oxygen atoms in total. The predicted molar refractivity (Wildman–Crippen MR) is 78.0 cm³/mol. The molecular weight excluding hydrogens is 241 g/mol. The molecule has 0 aliphatic rings. The van der Waals surface area contributed by atoms with Crippen molar-refractivity contribution in [1.29, 1.82) is 0 Å². The molecular formula is C16H26FNO. The van der Waals surface area contributed by atoms with Crippen LogP contribution in [0.3, 0.4) is 0 Å². The number of rotatable bonds is 8. The summed E-state index contributed by atoms with van der Waals surface area (Å²) in [5.41, 5.74) is 2.70. The van der Waals surface area contributed by atoms with Gasteiger partial charge < -0.3 is 10.1 Å². The lowest BCUT2D eigenvalue weighted by atomic mass is 9.98. The number of hydrogen-bond donors (Lipinski definition) is 1. The normalized spacial score (nSPS) is 12.7. The van der Waals surface area contributed by atoms with Crippen LogP contribution in [0, 0.1) is 19.7 Å². The SMILES string of the molecule is CCCNC(COCCC)c1c(C)cc(C)cc1F. The van der Waals surface area contributed by atoms with Crippen molar-refractivity contribution < 1.29 is 9.13 Å². The van der Waals surface area contributed by atoms with E-state index in [1.165, 1.54) is 0 Å². The van der Waals surface area contributed by atoms with E-state index < -0.39 is 0 Å². The third kappa shape index (κ3) is 4.92. The fraction of sp³-hybridized carbons (Fsp3) is 0.625. The highest BCUT2D eigenvalue weighted by molar-refractivity contribution is 5.34. The van der Waals surface area contributed by atoms with Gasteiger partial charge in [0.1, 0.15) is 5.82 Å². The first kappa shape index (κ1) is 16.1. The molecule has 0 bridgehead atoms. The zero-order valence-electron chi connectivity index (χ0n) is 12.6. The van der Waals surface area contributed by atoms with Crippen LogP contribution < -0.4 is 5.32 Å². The molecule has 1 aromatic carbocycles. The Balaban J connectivity index is 2.89. The van der Waals surface area contributed by atoms with Crippen LogP contribution in [0.25, 0.3) is 0 Å². The van der Waals surface area contributed by atoms with Crippen LogP contribution in [-0.4, -0.2) is 19.8 Å². The minimum absolute atomic E-state index is 0.0629. The van der Waals surface area contributed by atoms with Gasteiger partial charge in [-0.2, -0.15) is 0 Å². The van der Waals surface area contributed by atoms with Crippen molar-refractivity contribution in [2.24, 2.45) is 0 Å². The quantitative estimate of drug-likeness (QED) is 0.721. The highest BCUT2D eigenvalue weighted by atomic mass is 19.1. The van der Waals surface area contributed by atoms with Gasteiger partial charge in [-0.3, -0.25) is 0 Å². The number of aryl methyl sites for hydroxylation is 2. The van der Waals surface area contributed by atoms with Crippen LogP contribution in [-0.2, 0) is 4.74 Å². The molecule has 3 heteroatoms. The summed E-state index contributed by atoms with van der Waals surface area (Å²) in [6.45, 7) is 10.2. The molecule has 19 heavy (non-hydrogen) atoms. The third-order valence-corrected chi connectivity index (χ3v) is 3.10. The summed E-state index contributed by atoms with van der Waals surface area (Å²) in [4.78, 5) is 0. The summed E-state index contributed by atoms with van der Waals surface area (Å²) >= 11 is 0. The summed E-state index contributed by atoms with van der Waals surface area (Å²) in [5, 5.41) is 3.38. The van der Waals surface area contributed by atoms with Gasteiger partial charge in [0.05, 0.1) is 12.6 Å². The minimum atomic E-state index is -0.133. The van der Waals surface area contributed by atoms with E-state index in [0.717, 1.165) is 42.7 Å². The van der Waals surface area contributed by atoms with E-state index in [9.17, 15) is 4.39 Å². The van der Waals surface area contributed by atoms with E-state index in [1.807, 2.05) is 19.9 Å². The Morgan fingerprint density at radius 3 is 2.53 bits per heavy atom. The molecule has 1 N–H and O–H groups in total. The van der Waals surface area contributed by atoms with Crippen molar-refractivity contribution in [3.63, 3.8) is 0 Å². The van der Waals surface area contributed by atoms with Gasteiger partial charge in [0, 0.05) is 12.2 Å². The molecule has 0 heterocycles. The molecule has 0 amide bonds. The van der Waals surface area contributed by atoms with E-state index >= 15 is 0 Å². The third-order valence-electron chi connectivity index (χ3n) is 3.10. The number of nitrogens with one attached hydrogen (secondary N) is 1. The first-order valence-electron chi connectivity index (χ1n) is 7.17. The van der Waals surface area contributed by atoms with Crippen LogP contribution in [0.15, 0.2) is 12.1 Å². The van der Waals surface area contributed by atoms with E-state index in [2.05, 4.69) is 19.2 Å². The summed E-state index contributed by atoms with van der Waals surface area (Å²) < 4.78 is 19.8. The van der Waals surface area contributed by atoms with Gasteiger partial charge in [-0.1, -0.05) is 19.9 Å². The number of halogens is 1. The lowest BCUT2D eigenvalue weighted by Crippen LogP contribution is -2.28. The molecule has 0 spiro atoms. The van der Waals surface area contributed by atoms with Crippen molar-refractivity contribution in [2.45, 2.75) is 46.6 Å². The van der Waals surface area contributed by atoms with Crippen molar-refractivity contribution >= 4 is 0 Å². The molecule has 0 aliphatic heterocycles. The van der Waals surface area contributed by atoms with Gasteiger partial charge in [-0.25, -0.2) is 4.39 Å². The van der Waals surface area contributed by atoms with Gasteiger partial charge in [0.15, 0.2) is 0 Å². The van der Waals surface area contributed by atoms with Crippen molar-refractivity contribution in [1.82, 2.24) is 5.32 Å². The number of ether oxygens (including phenoxy) is 1. The highest BCUT2D eigenvalue weighted by Gasteiger charge is 2.18. The Labute approximate surface area is 116 Å². The molecule has 0 aliphatic carbocycles. The van der Waals surface area contributed by atoms with Gasteiger partial charge >= 0.3 is 0 Å². The summed E-state index contributed by atoms with van der Waals surface area (Å²) in [5.74, 6) is -0.133. The van der Waals surface area contributed by atoms with Gasteiger partial charge in [0.2, 0.25) is 0 Å². The molecule has 0 saturated carbocycles. The predicted octanol–water partition coefficient (Wildman–Crippen LogP) is 3.91. The molecule has 0 saturated heterocycles. The Morgan fingerprint density at radius 1 is 1.21 bits per heavy atom. The fourth-order valence-electron chi connectivity index (χ4n) is 2.28. The Bertz CT molecular complexity index is 369. The second-order valence-corrected chi connectivity index (χ2v) is 5.06. The van der Waals surface area contributed by atoms with Crippen LogP contribution in [0.5, 0.6) is 0 Å². The molecule has 1 atom stereocenters.